The van der Waals surface area contributed by atoms with Gasteiger partial charge in [0.25, 0.3) is 0 Å². The van der Waals surface area contributed by atoms with Gasteiger partial charge in [-0.15, -0.1) is 0 Å². The van der Waals surface area contributed by atoms with Crippen molar-refractivity contribution in [2.24, 2.45) is 0 Å². The fourth-order valence-electron chi connectivity index (χ4n) is 3.43. The third kappa shape index (κ3) is 2.72. The van der Waals surface area contributed by atoms with Gasteiger partial charge in [0.1, 0.15) is 5.82 Å². The van der Waals surface area contributed by atoms with E-state index >= 15 is 0 Å². The molecule has 1 saturated carbocycles. The van der Waals surface area contributed by atoms with Crippen molar-refractivity contribution < 1.29 is 19.0 Å². The first kappa shape index (κ1) is 16.2. The molecule has 0 spiro atoms. The third-order valence-electron chi connectivity index (χ3n) is 4.72. The maximum absolute atomic E-state index is 14.6. The number of fused-ring (bicyclic) bond motifs is 1. The van der Waals surface area contributed by atoms with Crippen LogP contribution in [0.1, 0.15) is 31.7 Å². The monoisotopic (exact) mass is 366 g/mol. The summed E-state index contributed by atoms with van der Waals surface area (Å²) in [6, 6.07) is 2.87. The number of nitrogens with zero attached hydrogens (tertiary/aromatic N) is 2. The number of carboxylic acid groups (broad SMARTS) is 1. The summed E-state index contributed by atoms with van der Waals surface area (Å²) in [5.41, 5.74) is 0.242. The van der Waals surface area contributed by atoms with Crippen molar-refractivity contribution in [3.05, 3.63) is 33.3 Å². The van der Waals surface area contributed by atoms with Crippen LogP contribution in [-0.4, -0.2) is 28.9 Å². The standard InChI is InChI=1S/C17H16ClFN2O4/c18-16-15(25-17(23)24)14(22)10-7-11(19)13(20-5-1-2-6-20)8-12(10)21(16)9-3-4-9/h7-9H,1-6H2,(H,23,24). The highest BCUT2D eigenvalue weighted by Crippen LogP contribution is 2.42. The number of rotatable bonds is 3. The van der Waals surface area contributed by atoms with E-state index in [0.29, 0.717) is 11.2 Å². The van der Waals surface area contributed by atoms with Crippen LogP contribution < -0.4 is 15.1 Å². The van der Waals surface area contributed by atoms with Crippen molar-refractivity contribution in [1.29, 1.82) is 0 Å². The number of benzene rings is 1. The van der Waals surface area contributed by atoms with Gasteiger partial charge in [-0.05, 0) is 37.8 Å². The smallest absolute Gasteiger partial charge is 0.449 e. The SMILES string of the molecule is O=C(O)Oc1c(Cl)n(C2CC2)c2cc(N3CCCC3)c(F)cc2c1=O. The van der Waals surface area contributed by atoms with E-state index in [9.17, 15) is 14.0 Å². The Labute approximate surface area is 147 Å². The van der Waals surface area contributed by atoms with Gasteiger partial charge >= 0.3 is 6.16 Å². The molecule has 132 valence electrons. The highest BCUT2D eigenvalue weighted by Gasteiger charge is 2.31. The molecule has 1 saturated heterocycles. The van der Waals surface area contributed by atoms with Gasteiger partial charge in [-0.3, -0.25) is 4.79 Å². The van der Waals surface area contributed by atoms with Gasteiger partial charge in [0.2, 0.25) is 11.2 Å². The molecule has 2 aliphatic rings. The lowest BCUT2D eigenvalue weighted by Gasteiger charge is -2.21. The zero-order valence-corrected chi connectivity index (χ0v) is 14.1. The summed E-state index contributed by atoms with van der Waals surface area (Å²) in [4.78, 5) is 25.4. The van der Waals surface area contributed by atoms with Crippen LogP contribution in [0.4, 0.5) is 14.9 Å². The van der Waals surface area contributed by atoms with Gasteiger partial charge in [0, 0.05) is 19.1 Å². The van der Waals surface area contributed by atoms with Crippen LogP contribution in [0.2, 0.25) is 5.15 Å². The average Bonchev–Trinajstić information content (AvgIpc) is 3.24. The minimum atomic E-state index is -1.63. The predicted molar refractivity (Wildman–Crippen MR) is 91.5 cm³/mol. The molecule has 0 unspecified atom stereocenters. The van der Waals surface area contributed by atoms with Crippen molar-refractivity contribution in [1.82, 2.24) is 4.57 Å². The normalized spacial score (nSPS) is 17.3. The van der Waals surface area contributed by atoms with Crippen molar-refractivity contribution in [2.75, 3.05) is 18.0 Å². The van der Waals surface area contributed by atoms with Crippen molar-refractivity contribution in [3.8, 4) is 5.75 Å². The largest absolute Gasteiger partial charge is 0.511 e. The van der Waals surface area contributed by atoms with Crippen LogP contribution in [0, 0.1) is 5.82 Å². The topological polar surface area (TPSA) is 71.8 Å². The van der Waals surface area contributed by atoms with E-state index in [2.05, 4.69) is 4.74 Å². The van der Waals surface area contributed by atoms with Crippen molar-refractivity contribution in [2.45, 2.75) is 31.7 Å². The Hall–Kier alpha value is -2.28. The zero-order valence-electron chi connectivity index (χ0n) is 13.3. The van der Waals surface area contributed by atoms with Crippen LogP contribution in [0.5, 0.6) is 5.75 Å². The number of ether oxygens (including phenoxy) is 1. The molecule has 1 aromatic carbocycles. The summed E-state index contributed by atoms with van der Waals surface area (Å²) in [5, 5.41) is 8.89. The summed E-state index contributed by atoms with van der Waals surface area (Å²) >= 11 is 6.29. The van der Waals surface area contributed by atoms with Gasteiger partial charge in [-0.2, -0.15) is 0 Å². The first-order chi connectivity index (χ1) is 12.0. The third-order valence-corrected chi connectivity index (χ3v) is 5.08. The molecule has 2 aromatic rings. The Balaban J connectivity index is 2.00. The molecule has 6 nitrogen and oxygen atoms in total. The Bertz CT molecular complexity index is 933. The molecule has 1 aromatic heterocycles. The molecule has 0 amide bonds. The zero-order chi connectivity index (χ0) is 17.7. The lowest BCUT2D eigenvalue weighted by atomic mass is 10.1. The molecule has 0 atom stereocenters. The fraction of sp³-hybridized carbons (Fsp3) is 0.412. The minimum absolute atomic E-state index is 0.0543. The number of pyridine rings is 1. The van der Waals surface area contributed by atoms with Gasteiger partial charge in [-0.25, -0.2) is 9.18 Å². The molecular weight excluding hydrogens is 351 g/mol. The molecule has 1 aliphatic carbocycles. The number of hydrogen-bond acceptors (Lipinski definition) is 4. The molecule has 25 heavy (non-hydrogen) atoms. The maximum Gasteiger partial charge on any atom is 0.511 e. The van der Waals surface area contributed by atoms with Gasteiger partial charge in [0.05, 0.1) is 16.6 Å². The number of aromatic nitrogens is 1. The van der Waals surface area contributed by atoms with E-state index in [0.717, 1.165) is 44.8 Å². The molecule has 4 rings (SSSR count). The quantitative estimate of drug-likeness (QED) is 0.661. The van der Waals surface area contributed by atoms with Crippen molar-refractivity contribution >= 4 is 34.3 Å². The van der Waals surface area contributed by atoms with Crippen LogP contribution >= 0.6 is 11.6 Å². The summed E-state index contributed by atoms with van der Waals surface area (Å²) in [6.07, 6.45) is 2.09. The highest BCUT2D eigenvalue weighted by molar-refractivity contribution is 6.31. The highest BCUT2D eigenvalue weighted by atomic mass is 35.5. The first-order valence-electron chi connectivity index (χ1n) is 8.20. The molecule has 2 heterocycles. The molecule has 0 bridgehead atoms. The van der Waals surface area contributed by atoms with Gasteiger partial charge in [0.15, 0.2) is 5.15 Å². The Kier molecular flexibility index (Phi) is 3.83. The Morgan fingerprint density at radius 3 is 2.56 bits per heavy atom. The molecule has 1 aliphatic heterocycles. The second kappa shape index (κ2) is 5.91. The minimum Gasteiger partial charge on any atom is -0.449 e. The maximum atomic E-state index is 14.6. The van der Waals surface area contributed by atoms with Gasteiger partial charge in [-0.1, -0.05) is 11.6 Å². The summed E-state index contributed by atoms with van der Waals surface area (Å²) < 4.78 is 20.9. The van der Waals surface area contributed by atoms with Crippen LogP contribution in [0.25, 0.3) is 10.9 Å². The lowest BCUT2D eigenvalue weighted by Crippen LogP contribution is -2.21. The molecule has 2 fully saturated rings. The summed E-state index contributed by atoms with van der Waals surface area (Å²) in [5.74, 6) is -0.973. The van der Waals surface area contributed by atoms with E-state index in [-0.39, 0.29) is 16.6 Å². The lowest BCUT2D eigenvalue weighted by molar-refractivity contribution is 0.144. The average molecular weight is 367 g/mol. The van der Waals surface area contributed by atoms with E-state index in [1.807, 2.05) is 4.90 Å². The number of carbonyl (C=O) groups is 1. The number of anilines is 1. The Morgan fingerprint density at radius 2 is 1.96 bits per heavy atom. The fourth-order valence-corrected chi connectivity index (χ4v) is 3.78. The van der Waals surface area contributed by atoms with Crippen LogP contribution in [-0.2, 0) is 0 Å². The second-order valence-corrected chi connectivity index (χ2v) is 6.79. The summed E-state index contributed by atoms with van der Waals surface area (Å²) in [6.45, 7) is 1.54. The molecule has 8 heteroatoms. The van der Waals surface area contributed by atoms with Gasteiger partial charge < -0.3 is 19.3 Å². The van der Waals surface area contributed by atoms with E-state index < -0.39 is 23.2 Å². The molecule has 1 N–H and O–H groups in total. The Morgan fingerprint density at radius 1 is 1.28 bits per heavy atom. The van der Waals surface area contributed by atoms with E-state index in [4.69, 9.17) is 16.7 Å². The number of hydrogen-bond donors (Lipinski definition) is 1. The number of halogens is 2. The summed E-state index contributed by atoms with van der Waals surface area (Å²) in [7, 11) is 0. The molecular formula is C17H16ClFN2O4. The first-order valence-corrected chi connectivity index (χ1v) is 8.58. The van der Waals surface area contributed by atoms with E-state index in [1.54, 1.807) is 10.6 Å². The second-order valence-electron chi connectivity index (χ2n) is 6.43. The van der Waals surface area contributed by atoms with Crippen molar-refractivity contribution in [3.63, 3.8) is 0 Å². The van der Waals surface area contributed by atoms with Crippen LogP contribution in [0.15, 0.2) is 16.9 Å². The predicted octanol–water partition coefficient (Wildman–Crippen LogP) is 3.79. The van der Waals surface area contributed by atoms with Crippen LogP contribution in [0.3, 0.4) is 0 Å². The molecule has 0 radical (unpaired) electrons. The van der Waals surface area contributed by atoms with E-state index in [1.165, 1.54) is 0 Å².